The third kappa shape index (κ3) is 6.23. The number of amides is 2. The van der Waals surface area contributed by atoms with Gasteiger partial charge in [-0.15, -0.1) is 0 Å². The summed E-state index contributed by atoms with van der Waals surface area (Å²) in [6.07, 6.45) is 0.481. The maximum absolute atomic E-state index is 12.9. The van der Waals surface area contributed by atoms with Crippen molar-refractivity contribution in [2.24, 2.45) is 5.16 Å². The molecule has 5 nitrogen and oxygen atoms in total. The van der Waals surface area contributed by atoms with Crippen LogP contribution in [0.2, 0.25) is 5.02 Å². The number of carbonyl (C=O) groups is 1. The SMILES string of the molecule is Cc1ccc(C2=NO[C@@H](CN(Cc3cccc(Cl)c3)C(=O)NC(C)(C)C)C2)cc1. The minimum atomic E-state index is -0.330. The molecular formula is C23H28ClN3O2. The van der Waals surface area contributed by atoms with Gasteiger partial charge in [0.2, 0.25) is 0 Å². The van der Waals surface area contributed by atoms with Crippen LogP contribution in [-0.4, -0.2) is 34.8 Å². The van der Waals surface area contributed by atoms with Gasteiger partial charge in [0.05, 0.1) is 12.3 Å². The first-order valence-electron chi connectivity index (χ1n) is 9.81. The fraction of sp³-hybridized carbons (Fsp3) is 0.391. The molecule has 3 rings (SSSR count). The van der Waals surface area contributed by atoms with Gasteiger partial charge in [0.25, 0.3) is 0 Å². The minimum Gasteiger partial charge on any atom is -0.390 e. The summed E-state index contributed by atoms with van der Waals surface area (Å²) in [5, 5.41) is 7.95. The van der Waals surface area contributed by atoms with Crippen molar-refractivity contribution in [2.45, 2.75) is 52.3 Å². The van der Waals surface area contributed by atoms with Crippen molar-refractivity contribution < 1.29 is 9.63 Å². The summed E-state index contributed by atoms with van der Waals surface area (Å²) in [6.45, 7) is 8.84. The summed E-state index contributed by atoms with van der Waals surface area (Å²) in [7, 11) is 0. The first-order valence-corrected chi connectivity index (χ1v) is 10.2. The van der Waals surface area contributed by atoms with Gasteiger partial charge in [0.15, 0.2) is 6.10 Å². The minimum absolute atomic E-state index is 0.134. The molecule has 2 aromatic carbocycles. The fourth-order valence-electron chi connectivity index (χ4n) is 3.16. The third-order valence-electron chi connectivity index (χ3n) is 4.57. The topological polar surface area (TPSA) is 53.9 Å². The number of rotatable bonds is 5. The van der Waals surface area contributed by atoms with Crippen molar-refractivity contribution in [1.82, 2.24) is 10.2 Å². The molecule has 1 aliphatic heterocycles. The van der Waals surface area contributed by atoms with Crippen molar-refractivity contribution >= 4 is 23.3 Å². The van der Waals surface area contributed by atoms with E-state index in [0.29, 0.717) is 24.5 Å². The molecule has 0 fully saturated rings. The smallest absolute Gasteiger partial charge is 0.318 e. The fourth-order valence-corrected chi connectivity index (χ4v) is 3.38. The van der Waals surface area contributed by atoms with Crippen LogP contribution in [0.15, 0.2) is 53.7 Å². The maximum Gasteiger partial charge on any atom is 0.318 e. The van der Waals surface area contributed by atoms with Crippen LogP contribution >= 0.6 is 11.6 Å². The lowest BCUT2D eigenvalue weighted by atomic mass is 10.0. The van der Waals surface area contributed by atoms with E-state index in [4.69, 9.17) is 16.4 Å². The molecule has 2 amide bonds. The van der Waals surface area contributed by atoms with E-state index in [0.717, 1.165) is 16.8 Å². The molecule has 0 saturated heterocycles. The van der Waals surface area contributed by atoms with Gasteiger partial charge in [-0.1, -0.05) is 58.7 Å². The summed E-state index contributed by atoms with van der Waals surface area (Å²) >= 11 is 6.12. The predicted molar refractivity (Wildman–Crippen MR) is 117 cm³/mol. The number of hydrogen-bond acceptors (Lipinski definition) is 3. The Labute approximate surface area is 177 Å². The highest BCUT2D eigenvalue weighted by Gasteiger charge is 2.28. The van der Waals surface area contributed by atoms with E-state index in [1.54, 1.807) is 4.90 Å². The molecule has 1 heterocycles. The average Bonchev–Trinajstić information content (AvgIpc) is 3.09. The number of oxime groups is 1. The molecule has 1 aliphatic rings. The molecule has 0 aromatic heterocycles. The van der Waals surface area contributed by atoms with Crippen molar-refractivity contribution in [2.75, 3.05) is 6.54 Å². The Bertz CT molecular complexity index is 888. The Morgan fingerprint density at radius 2 is 1.97 bits per heavy atom. The number of nitrogens with one attached hydrogen (secondary N) is 1. The Balaban J connectivity index is 1.69. The van der Waals surface area contributed by atoms with Crippen LogP contribution in [0.25, 0.3) is 0 Å². The number of carbonyl (C=O) groups excluding carboxylic acids is 1. The summed E-state index contributed by atoms with van der Waals surface area (Å²) in [5.41, 5.74) is 3.81. The average molecular weight is 414 g/mol. The molecule has 154 valence electrons. The number of aryl methyl sites for hydroxylation is 1. The van der Waals surface area contributed by atoms with Crippen molar-refractivity contribution in [3.8, 4) is 0 Å². The van der Waals surface area contributed by atoms with E-state index in [1.165, 1.54) is 5.56 Å². The molecule has 0 spiro atoms. The maximum atomic E-state index is 12.9. The zero-order chi connectivity index (χ0) is 21.0. The van der Waals surface area contributed by atoms with Crippen LogP contribution in [0, 0.1) is 6.92 Å². The number of hydrogen-bond donors (Lipinski definition) is 1. The van der Waals surface area contributed by atoms with Crippen LogP contribution in [0.4, 0.5) is 4.79 Å². The molecule has 0 unspecified atom stereocenters. The lowest BCUT2D eigenvalue weighted by Gasteiger charge is -2.29. The Morgan fingerprint density at radius 3 is 2.62 bits per heavy atom. The summed E-state index contributed by atoms with van der Waals surface area (Å²) in [5.74, 6) is 0. The second kappa shape index (κ2) is 8.87. The Hall–Kier alpha value is -2.53. The van der Waals surface area contributed by atoms with Crippen LogP contribution in [0.5, 0.6) is 0 Å². The molecule has 6 heteroatoms. The number of nitrogens with zero attached hydrogens (tertiary/aromatic N) is 2. The van der Waals surface area contributed by atoms with Crippen LogP contribution in [0.1, 0.15) is 43.9 Å². The highest BCUT2D eigenvalue weighted by atomic mass is 35.5. The zero-order valence-corrected chi connectivity index (χ0v) is 18.2. The van der Waals surface area contributed by atoms with E-state index in [-0.39, 0.29) is 17.7 Å². The van der Waals surface area contributed by atoms with Crippen molar-refractivity contribution in [1.29, 1.82) is 0 Å². The second-order valence-electron chi connectivity index (χ2n) is 8.53. The molecule has 1 atom stereocenters. The summed E-state index contributed by atoms with van der Waals surface area (Å²) in [6, 6.07) is 15.7. The summed E-state index contributed by atoms with van der Waals surface area (Å²) < 4.78 is 0. The van der Waals surface area contributed by atoms with E-state index >= 15 is 0 Å². The first kappa shape index (κ1) is 21.2. The molecule has 0 aliphatic carbocycles. The van der Waals surface area contributed by atoms with Gasteiger partial charge in [-0.25, -0.2) is 4.79 Å². The molecular weight excluding hydrogens is 386 g/mol. The number of urea groups is 1. The van der Waals surface area contributed by atoms with E-state index in [1.807, 2.05) is 45.0 Å². The third-order valence-corrected chi connectivity index (χ3v) is 4.81. The van der Waals surface area contributed by atoms with Gasteiger partial charge in [-0.05, 0) is 51.0 Å². The monoisotopic (exact) mass is 413 g/mol. The zero-order valence-electron chi connectivity index (χ0n) is 17.4. The van der Waals surface area contributed by atoms with Crippen LogP contribution < -0.4 is 5.32 Å². The normalized spacial score (nSPS) is 16.2. The van der Waals surface area contributed by atoms with E-state index < -0.39 is 0 Å². The summed E-state index contributed by atoms with van der Waals surface area (Å²) in [4.78, 5) is 20.3. The van der Waals surface area contributed by atoms with Crippen molar-refractivity contribution in [3.05, 3.63) is 70.2 Å². The predicted octanol–water partition coefficient (Wildman–Crippen LogP) is 5.15. The molecule has 2 aromatic rings. The van der Waals surface area contributed by atoms with Gasteiger partial charge >= 0.3 is 6.03 Å². The second-order valence-corrected chi connectivity index (χ2v) is 8.96. The number of halogens is 1. The lowest BCUT2D eigenvalue weighted by molar-refractivity contribution is 0.0580. The lowest BCUT2D eigenvalue weighted by Crippen LogP contribution is -2.50. The Morgan fingerprint density at radius 1 is 1.24 bits per heavy atom. The quantitative estimate of drug-likeness (QED) is 0.736. The Kier molecular flexibility index (Phi) is 6.48. The molecule has 1 N–H and O–H groups in total. The molecule has 0 saturated carbocycles. The molecule has 0 radical (unpaired) electrons. The van der Waals surface area contributed by atoms with Gasteiger partial charge in [-0.3, -0.25) is 0 Å². The highest BCUT2D eigenvalue weighted by molar-refractivity contribution is 6.30. The molecule has 0 bridgehead atoms. The van der Waals surface area contributed by atoms with E-state index in [2.05, 4.69) is 41.7 Å². The van der Waals surface area contributed by atoms with Gasteiger partial charge in [0, 0.05) is 23.5 Å². The highest BCUT2D eigenvalue weighted by Crippen LogP contribution is 2.20. The van der Waals surface area contributed by atoms with Gasteiger partial charge < -0.3 is 15.1 Å². The van der Waals surface area contributed by atoms with Gasteiger partial charge in [-0.2, -0.15) is 0 Å². The van der Waals surface area contributed by atoms with Crippen molar-refractivity contribution in [3.63, 3.8) is 0 Å². The largest absolute Gasteiger partial charge is 0.390 e. The standard InChI is InChI=1S/C23H28ClN3O2/c1-16-8-10-18(11-9-16)21-13-20(29-26-21)15-27(22(28)25-23(2,3)4)14-17-6-5-7-19(24)12-17/h5-12,20H,13-15H2,1-4H3,(H,25,28)/t20-/m1/s1. The first-order chi connectivity index (χ1) is 13.7. The number of benzene rings is 2. The van der Waals surface area contributed by atoms with Crippen LogP contribution in [-0.2, 0) is 11.4 Å². The van der Waals surface area contributed by atoms with E-state index in [9.17, 15) is 4.79 Å². The van der Waals surface area contributed by atoms with Gasteiger partial charge in [0.1, 0.15) is 0 Å². The molecule has 29 heavy (non-hydrogen) atoms. The van der Waals surface area contributed by atoms with Crippen LogP contribution in [0.3, 0.4) is 0 Å².